The minimum Gasteiger partial charge on any atom is -0.396 e. The maximum absolute atomic E-state index is 13.4. The number of aromatic nitrogens is 3. The Morgan fingerprint density at radius 1 is 1.00 bits per heavy atom. The summed E-state index contributed by atoms with van der Waals surface area (Å²) in [4.78, 5) is 12.3. The molecule has 4 rings (SSSR count). The van der Waals surface area contributed by atoms with Crippen LogP contribution in [-0.4, -0.2) is 33.2 Å². The summed E-state index contributed by atoms with van der Waals surface area (Å²) in [6.07, 6.45) is 4.15. The smallest absolute Gasteiger partial charge is 0.126 e. The maximum atomic E-state index is 13.4. The highest BCUT2D eigenvalue weighted by atomic mass is 19.1. The monoisotopic (exact) mass is 362 g/mol. The average Bonchev–Trinajstić information content (AvgIpc) is 3.09. The standard InChI is InChI=1S/C21H19FN4O/c22-16-6-4-14(5-7-16)19-20(26-17-3-1-9-25-21(17)19)15-8-11-24-18(13-15)23-10-2-12-27/h1,3-9,11,13,26-27H,2,10,12H2,(H,23,24). The van der Waals surface area contributed by atoms with Crippen LogP contribution in [0.3, 0.4) is 0 Å². The van der Waals surface area contributed by atoms with Crippen LogP contribution in [0.5, 0.6) is 0 Å². The second-order valence-corrected chi connectivity index (χ2v) is 6.22. The van der Waals surface area contributed by atoms with Gasteiger partial charge in [0.05, 0.1) is 16.7 Å². The molecule has 136 valence electrons. The number of hydrogen-bond donors (Lipinski definition) is 3. The molecule has 3 aromatic heterocycles. The Hall–Kier alpha value is -3.25. The highest BCUT2D eigenvalue weighted by Crippen LogP contribution is 2.37. The van der Waals surface area contributed by atoms with Crippen molar-refractivity contribution in [3.63, 3.8) is 0 Å². The van der Waals surface area contributed by atoms with Crippen molar-refractivity contribution in [2.75, 3.05) is 18.5 Å². The number of H-pyrrole nitrogens is 1. The normalized spacial score (nSPS) is 11.0. The molecule has 0 bridgehead atoms. The van der Waals surface area contributed by atoms with Crippen molar-refractivity contribution < 1.29 is 9.50 Å². The number of aromatic amines is 1. The van der Waals surface area contributed by atoms with Gasteiger partial charge in [-0.05, 0) is 48.4 Å². The maximum Gasteiger partial charge on any atom is 0.126 e. The number of nitrogens with one attached hydrogen (secondary N) is 2. The molecule has 0 spiro atoms. The van der Waals surface area contributed by atoms with E-state index in [0.717, 1.165) is 39.2 Å². The molecule has 0 fully saturated rings. The van der Waals surface area contributed by atoms with Gasteiger partial charge >= 0.3 is 0 Å². The summed E-state index contributed by atoms with van der Waals surface area (Å²) >= 11 is 0. The van der Waals surface area contributed by atoms with Crippen molar-refractivity contribution in [2.45, 2.75) is 6.42 Å². The van der Waals surface area contributed by atoms with Crippen molar-refractivity contribution in [3.8, 4) is 22.4 Å². The molecule has 27 heavy (non-hydrogen) atoms. The van der Waals surface area contributed by atoms with Gasteiger partial charge in [-0.15, -0.1) is 0 Å². The predicted octanol–water partition coefficient (Wildman–Crippen LogP) is 4.23. The number of pyridine rings is 2. The third-order valence-electron chi connectivity index (χ3n) is 4.38. The molecule has 0 amide bonds. The Labute approximate surface area is 155 Å². The van der Waals surface area contributed by atoms with Crippen LogP contribution in [0.1, 0.15) is 6.42 Å². The first kappa shape index (κ1) is 17.2. The average molecular weight is 362 g/mol. The van der Waals surface area contributed by atoms with Crippen molar-refractivity contribution >= 4 is 16.9 Å². The number of hydrogen-bond acceptors (Lipinski definition) is 4. The summed E-state index contributed by atoms with van der Waals surface area (Å²) in [6.45, 7) is 0.779. The number of aliphatic hydroxyl groups excluding tert-OH is 1. The lowest BCUT2D eigenvalue weighted by Gasteiger charge is -2.08. The lowest BCUT2D eigenvalue weighted by molar-refractivity contribution is 0.292. The van der Waals surface area contributed by atoms with Crippen LogP contribution >= 0.6 is 0 Å². The molecule has 0 saturated heterocycles. The van der Waals surface area contributed by atoms with E-state index in [1.807, 2.05) is 24.3 Å². The number of benzene rings is 1. The minimum absolute atomic E-state index is 0.134. The van der Waals surface area contributed by atoms with Gasteiger partial charge in [-0.3, -0.25) is 4.98 Å². The molecule has 6 heteroatoms. The molecule has 0 aliphatic heterocycles. The second-order valence-electron chi connectivity index (χ2n) is 6.22. The zero-order chi connectivity index (χ0) is 18.6. The first-order chi connectivity index (χ1) is 13.3. The molecule has 0 atom stereocenters. The number of rotatable bonds is 6. The van der Waals surface area contributed by atoms with E-state index < -0.39 is 0 Å². The van der Waals surface area contributed by atoms with Crippen LogP contribution in [-0.2, 0) is 0 Å². The fraction of sp³-hybridized carbons (Fsp3) is 0.143. The van der Waals surface area contributed by atoms with Crippen molar-refractivity contribution in [3.05, 3.63) is 66.7 Å². The van der Waals surface area contributed by atoms with Crippen LogP contribution in [0.25, 0.3) is 33.4 Å². The van der Waals surface area contributed by atoms with Gasteiger partial charge in [-0.1, -0.05) is 12.1 Å². The van der Waals surface area contributed by atoms with E-state index >= 15 is 0 Å². The van der Waals surface area contributed by atoms with E-state index in [-0.39, 0.29) is 12.4 Å². The predicted molar refractivity (Wildman–Crippen MR) is 105 cm³/mol. The fourth-order valence-electron chi connectivity index (χ4n) is 3.11. The minimum atomic E-state index is -0.271. The molecule has 0 unspecified atom stereocenters. The third kappa shape index (κ3) is 3.52. The van der Waals surface area contributed by atoms with Crippen molar-refractivity contribution in [1.82, 2.24) is 15.0 Å². The van der Waals surface area contributed by atoms with Gasteiger partial charge in [0.15, 0.2) is 0 Å². The van der Waals surface area contributed by atoms with E-state index in [9.17, 15) is 4.39 Å². The van der Waals surface area contributed by atoms with Gasteiger partial charge in [-0.2, -0.15) is 0 Å². The van der Waals surface area contributed by atoms with Gasteiger partial charge in [0.2, 0.25) is 0 Å². The Kier molecular flexibility index (Phi) is 4.80. The van der Waals surface area contributed by atoms with Crippen LogP contribution in [0.2, 0.25) is 0 Å². The molecule has 0 aliphatic carbocycles. The first-order valence-corrected chi connectivity index (χ1v) is 8.80. The van der Waals surface area contributed by atoms with Gasteiger partial charge in [0.1, 0.15) is 11.6 Å². The molecule has 4 aromatic rings. The molecule has 0 aliphatic rings. The molecule has 0 saturated carbocycles. The van der Waals surface area contributed by atoms with Crippen molar-refractivity contribution in [2.24, 2.45) is 0 Å². The third-order valence-corrected chi connectivity index (χ3v) is 4.38. The number of halogens is 1. The lowest BCUT2D eigenvalue weighted by Crippen LogP contribution is -2.04. The van der Waals surface area contributed by atoms with Crippen LogP contribution in [0.15, 0.2) is 60.9 Å². The Morgan fingerprint density at radius 3 is 2.67 bits per heavy atom. The molecular formula is C21H19FN4O. The van der Waals surface area contributed by atoms with Gasteiger partial charge in [-0.25, -0.2) is 9.37 Å². The summed E-state index contributed by atoms with van der Waals surface area (Å²) in [6, 6.07) is 14.2. The summed E-state index contributed by atoms with van der Waals surface area (Å²) in [5.74, 6) is 0.463. The number of aliphatic hydroxyl groups is 1. The molecule has 3 heterocycles. The SMILES string of the molecule is OCCCNc1cc(-c2[nH]c3cccnc3c2-c2ccc(F)cc2)ccn1. The van der Waals surface area contributed by atoms with E-state index in [1.165, 1.54) is 12.1 Å². The Bertz CT molecular complexity index is 1060. The molecule has 5 nitrogen and oxygen atoms in total. The first-order valence-electron chi connectivity index (χ1n) is 8.80. The summed E-state index contributed by atoms with van der Waals surface area (Å²) < 4.78 is 13.4. The number of fused-ring (bicyclic) bond motifs is 1. The van der Waals surface area contributed by atoms with Gasteiger partial charge < -0.3 is 15.4 Å². The highest BCUT2D eigenvalue weighted by Gasteiger charge is 2.16. The van der Waals surface area contributed by atoms with Gasteiger partial charge in [0, 0.05) is 36.7 Å². The number of nitrogens with zero attached hydrogens (tertiary/aromatic N) is 2. The summed E-state index contributed by atoms with van der Waals surface area (Å²) in [5, 5.41) is 12.1. The van der Waals surface area contributed by atoms with Gasteiger partial charge in [0.25, 0.3) is 0 Å². The molecule has 0 radical (unpaired) electrons. The van der Waals surface area contributed by atoms with Crippen molar-refractivity contribution in [1.29, 1.82) is 0 Å². The lowest BCUT2D eigenvalue weighted by atomic mass is 10.0. The van der Waals surface area contributed by atoms with Crippen LogP contribution < -0.4 is 5.32 Å². The van der Waals surface area contributed by atoms with Crippen LogP contribution in [0.4, 0.5) is 10.2 Å². The molecular weight excluding hydrogens is 343 g/mol. The zero-order valence-corrected chi connectivity index (χ0v) is 14.6. The Balaban J connectivity index is 1.83. The second kappa shape index (κ2) is 7.55. The fourth-order valence-corrected chi connectivity index (χ4v) is 3.11. The highest BCUT2D eigenvalue weighted by molar-refractivity contribution is 6.01. The molecule has 1 aromatic carbocycles. The number of anilines is 1. The summed E-state index contributed by atoms with van der Waals surface area (Å²) in [5.41, 5.74) is 5.43. The van der Waals surface area contributed by atoms with Crippen LogP contribution in [0, 0.1) is 5.82 Å². The Morgan fingerprint density at radius 2 is 1.85 bits per heavy atom. The van der Waals surface area contributed by atoms with E-state index in [4.69, 9.17) is 5.11 Å². The topological polar surface area (TPSA) is 73.8 Å². The van der Waals surface area contributed by atoms with E-state index in [0.29, 0.717) is 13.0 Å². The summed E-state index contributed by atoms with van der Waals surface area (Å²) in [7, 11) is 0. The van der Waals surface area contributed by atoms with E-state index in [1.54, 1.807) is 24.5 Å². The largest absolute Gasteiger partial charge is 0.396 e. The molecule has 3 N–H and O–H groups in total. The van der Waals surface area contributed by atoms with E-state index in [2.05, 4.69) is 20.3 Å². The quantitative estimate of drug-likeness (QED) is 0.449. The zero-order valence-electron chi connectivity index (χ0n) is 14.6.